The summed E-state index contributed by atoms with van der Waals surface area (Å²) in [6.45, 7) is 7.01. The summed E-state index contributed by atoms with van der Waals surface area (Å²) in [7, 11) is -3.40. The topological polar surface area (TPSA) is 62.3 Å². The Morgan fingerprint density at radius 1 is 1.20 bits per heavy atom. The van der Waals surface area contributed by atoms with Crippen LogP contribution in [0, 0.1) is 13.8 Å². The van der Waals surface area contributed by atoms with Gasteiger partial charge in [0.05, 0.1) is 16.7 Å². The first-order valence-electron chi connectivity index (χ1n) is 7.11. The molecule has 5 nitrogen and oxygen atoms in total. The maximum absolute atomic E-state index is 12.4. The monoisotopic (exact) mass is 317 g/mol. The maximum atomic E-state index is 12.4. The van der Waals surface area contributed by atoms with Crippen LogP contribution in [0.1, 0.15) is 54.2 Å². The fourth-order valence-electron chi connectivity index (χ4n) is 2.58. The second kappa shape index (κ2) is 6.51. The summed E-state index contributed by atoms with van der Waals surface area (Å²) in [5.41, 5.74) is 0.915. The third kappa shape index (κ3) is 3.78. The van der Waals surface area contributed by atoms with Crippen molar-refractivity contribution in [1.29, 1.82) is 0 Å². The van der Waals surface area contributed by atoms with E-state index in [2.05, 4.69) is 9.71 Å². The molecule has 7 heteroatoms. The van der Waals surface area contributed by atoms with E-state index in [1.54, 1.807) is 15.6 Å². The number of hydrogen-bond donors (Lipinski definition) is 1. The van der Waals surface area contributed by atoms with E-state index in [0.717, 1.165) is 41.3 Å². The molecule has 2 heterocycles. The van der Waals surface area contributed by atoms with Gasteiger partial charge in [-0.3, -0.25) is 0 Å². The molecule has 1 aromatic heterocycles. The molecule has 0 aromatic carbocycles. The lowest BCUT2D eigenvalue weighted by molar-refractivity contribution is 0.410. The van der Waals surface area contributed by atoms with Crippen molar-refractivity contribution in [3.05, 3.63) is 15.6 Å². The number of aryl methyl sites for hydroxylation is 2. The Morgan fingerprint density at radius 3 is 2.30 bits per heavy atom. The van der Waals surface area contributed by atoms with Crippen LogP contribution in [0.25, 0.3) is 0 Å². The van der Waals surface area contributed by atoms with Crippen molar-refractivity contribution >= 4 is 21.5 Å². The summed E-state index contributed by atoms with van der Waals surface area (Å²) < 4.78 is 29.3. The van der Waals surface area contributed by atoms with Crippen LogP contribution in [0.5, 0.6) is 0 Å². The van der Waals surface area contributed by atoms with Crippen LogP contribution in [-0.2, 0) is 10.2 Å². The average molecular weight is 317 g/mol. The van der Waals surface area contributed by atoms with Crippen molar-refractivity contribution in [2.24, 2.45) is 0 Å². The first-order valence-corrected chi connectivity index (χ1v) is 9.37. The molecule has 0 aliphatic carbocycles. The maximum Gasteiger partial charge on any atom is 0.280 e. The third-order valence-electron chi connectivity index (χ3n) is 3.56. The molecule has 1 fully saturated rings. The highest BCUT2D eigenvalue weighted by Crippen LogP contribution is 2.25. The van der Waals surface area contributed by atoms with Gasteiger partial charge in [0.1, 0.15) is 0 Å². The number of thiazole rings is 1. The molecule has 0 saturated carbocycles. The largest absolute Gasteiger partial charge is 0.280 e. The summed E-state index contributed by atoms with van der Waals surface area (Å²) in [5.74, 6) is 0. The highest BCUT2D eigenvalue weighted by atomic mass is 32.2. The zero-order chi connectivity index (χ0) is 14.8. The van der Waals surface area contributed by atoms with Gasteiger partial charge in [-0.25, -0.2) is 4.98 Å². The van der Waals surface area contributed by atoms with Crippen LogP contribution in [-0.4, -0.2) is 30.8 Å². The molecule has 1 atom stereocenters. The summed E-state index contributed by atoms with van der Waals surface area (Å²) >= 11 is 1.56. The number of rotatable bonds is 4. The van der Waals surface area contributed by atoms with Gasteiger partial charge < -0.3 is 0 Å². The number of nitrogens with zero attached hydrogens (tertiary/aromatic N) is 2. The predicted octanol–water partition coefficient (Wildman–Crippen LogP) is 2.53. The summed E-state index contributed by atoms with van der Waals surface area (Å²) in [6.07, 6.45) is 4.14. The van der Waals surface area contributed by atoms with E-state index < -0.39 is 10.2 Å². The fraction of sp³-hybridized carbons (Fsp3) is 0.769. The van der Waals surface area contributed by atoms with E-state index in [-0.39, 0.29) is 6.04 Å². The Hall–Kier alpha value is -0.500. The number of nitrogens with one attached hydrogen (secondary N) is 1. The van der Waals surface area contributed by atoms with Crippen LogP contribution in [0.2, 0.25) is 0 Å². The first-order chi connectivity index (χ1) is 9.40. The Bertz CT molecular complexity index is 546. The van der Waals surface area contributed by atoms with Gasteiger partial charge in [0.2, 0.25) is 0 Å². The lowest BCUT2D eigenvalue weighted by Crippen LogP contribution is -2.42. The smallest absolute Gasteiger partial charge is 0.247 e. The van der Waals surface area contributed by atoms with Crippen molar-refractivity contribution in [2.75, 3.05) is 13.1 Å². The highest BCUT2D eigenvalue weighted by molar-refractivity contribution is 7.87. The summed E-state index contributed by atoms with van der Waals surface area (Å²) in [6, 6.07) is -0.227. The van der Waals surface area contributed by atoms with Crippen molar-refractivity contribution < 1.29 is 8.42 Å². The van der Waals surface area contributed by atoms with Crippen LogP contribution in [0.15, 0.2) is 0 Å². The molecule has 0 bridgehead atoms. The second-order valence-electron chi connectivity index (χ2n) is 5.34. The normalized spacial score (nSPS) is 19.8. The fourth-order valence-corrected chi connectivity index (χ4v) is 5.04. The minimum atomic E-state index is -3.40. The van der Waals surface area contributed by atoms with Crippen LogP contribution < -0.4 is 4.72 Å². The molecule has 0 spiro atoms. The molecule has 1 aliphatic heterocycles. The molecule has 0 amide bonds. The van der Waals surface area contributed by atoms with Gasteiger partial charge in [0, 0.05) is 18.0 Å². The van der Waals surface area contributed by atoms with Crippen LogP contribution in [0.3, 0.4) is 0 Å². The van der Waals surface area contributed by atoms with E-state index >= 15 is 0 Å². The number of aromatic nitrogens is 1. The molecule has 2 rings (SSSR count). The minimum Gasteiger partial charge on any atom is -0.247 e. The molecule has 1 saturated heterocycles. The lowest BCUT2D eigenvalue weighted by atomic mass is 10.2. The standard InChI is InChI=1S/C13H23N3O2S2/c1-10-13(19-12(3)14-10)11(2)15-20(17,18)16-8-6-4-5-7-9-16/h11,15H,4-9H2,1-3H3/t11-/m1/s1. The number of hydrogen-bond acceptors (Lipinski definition) is 4. The van der Waals surface area contributed by atoms with Gasteiger partial charge in [-0.2, -0.15) is 17.4 Å². The molecule has 0 unspecified atom stereocenters. The Labute approximate surface area is 125 Å². The molecule has 0 radical (unpaired) electrons. The van der Waals surface area contributed by atoms with Gasteiger partial charge >= 0.3 is 0 Å². The van der Waals surface area contributed by atoms with Crippen molar-refractivity contribution in [3.63, 3.8) is 0 Å². The Morgan fingerprint density at radius 2 is 1.80 bits per heavy atom. The summed E-state index contributed by atoms with van der Waals surface area (Å²) in [4.78, 5) is 5.36. The van der Waals surface area contributed by atoms with Gasteiger partial charge in [-0.1, -0.05) is 12.8 Å². The van der Waals surface area contributed by atoms with E-state index in [9.17, 15) is 8.42 Å². The summed E-state index contributed by atoms with van der Waals surface area (Å²) in [5, 5.41) is 0.971. The molecule has 114 valence electrons. The van der Waals surface area contributed by atoms with Crippen molar-refractivity contribution in [2.45, 2.75) is 52.5 Å². The van der Waals surface area contributed by atoms with Gasteiger partial charge in [-0.15, -0.1) is 11.3 Å². The van der Waals surface area contributed by atoms with E-state index in [0.29, 0.717) is 13.1 Å². The molecular weight excluding hydrogens is 294 g/mol. The highest BCUT2D eigenvalue weighted by Gasteiger charge is 2.26. The van der Waals surface area contributed by atoms with Crippen molar-refractivity contribution in [1.82, 2.24) is 14.0 Å². The molecule has 1 aliphatic rings. The minimum absolute atomic E-state index is 0.227. The van der Waals surface area contributed by atoms with E-state index in [1.165, 1.54) is 0 Å². The van der Waals surface area contributed by atoms with E-state index in [4.69, 9.17) is 0 Å². The first kappa shape index (κ1) is 15.9. The SMILES string of the molecule is Cc1nc(C)c([C@@H](C)NS(=O)(=O)N2CCCCCC2)s1. The molecular formula is C13H23N3O2S2. The van der Waals surface area contributed by atoms with E-state index in [1.807, 2.05) is 20.8 Å². The molecule has 1 N–H and O–H groups in total. The average Bonchev–Trinajstić information content (AvgIpc) is 2.57. The third-order valence-corrected chi connectivity index (χ3v) is 6.52. The second-order valence-corrected chi connectivity index (χ2v) is 8.28. The Balaban J connectivity index is 2.09. The predicted molar refractivity (Wildman–Crippen MR) is 82.1 cm³/mol. The quantitative estimate of drug-likeness (QED) is 0.928. The van der Waals surface area contributed by atoms with Gasteiger partial charge in [0.15, 0.2) is 0 Å². The zero-order valence-corrected chi connectivity index (χ0v) is 14.0. The molecule has 20 heavy (non-hydrogen) atoms. The van der Waals surface area contributed by atoms with Crippen LogP contribution >= 0.6 is 11.3 Å². The van der Waals surface area contributed by atoms with Crippen LogP contribution in [0.4, 0.5) is 0 Å². The van der Waals surface area contributed by atoms with Crippen molar-refractivity contribution in [3.8, 4) is 0 Å². The van der Waals surface area contributed by atoms with Gasteiger partial charge in [0.25, 0.3) is 10.2 Å². The zero-order valence-electron chi connectivity index (χ0n) is 12.3. The van der Waals surface area contributed by atoms with Gasteiger partial charge in [-0.05, 0) is 33.6 Å². The molecule has 1 aromatic rings. The Kier molecular flexibility index (Phi) is 5.17. The lowest BCUT2D eigenvalue weighted by Gasteiger charge is -2.22.